The molecular weight excluding hydrogens is 236 g/mol. The smallest absolute Gasteiger partial charge is 0.0600 e. The topological polar surface area (TPSA) is 32.2 Å². The van der Waals surface area contributed by atoms with Gasteiger partial charge < -0.3 is 15.2 Å². The number of anilines is 1. The fourth-order valence-electron chi connectivity index (χ4n) is 2.77. The van der Waals surface area contributed by atoms with Crippen molar-refractivity contribution in [2.45, 2.75) is 0 Å². The summed E-state index contributed by atoms with van der Waals surface area (Å²) < 4.78 is 2.18. The molecule has 1 aliphatic heterocycles. The van der Waals surface area contributed by atoms with Crippen molar-refractivity contribution in [3.05, 3.63) is 30.5 Å². The largest absolute Gasteiger partial charge is 0.382 e. The Kier molecular flexibility index (Phi) is 3.71. The zero-order chi connectivity index (χ0) is 13.1. The van der Waals surface area contributed by atoms with Gasteiger partial charge >= 0.3 is 0 Å². The van der Waals surface area contributed by atoms with E-state index in [1.165, 1.54) is 16.6 Å². The molecule has 0 unspecified atom stereocenters. The monoisotopic (exact) mass is 258 g/mol. The van der Waals surface area contributed by atoms with Gasteiger partial charge in [0.2, 0.25) is 0 Å². The first-order chi connectivity index (χ1) is 9.34. The maximum absolute atomic E-state index is 3.57. The molecule has 0 radical (unpaired) electrons. The minimum atomic E-state index is 1.01. The first kappa shape index (κ1) is 12.5. The Labute approximate surface area is 114 Å². The van der Waals surface area contributed by atoms with Gasteiger partial charge in [0.1, 0.15) is 0 Å². The molecule has 2 N–H and O–H groups in total. The zero-order valence-corrected chi connectivity index (χ0v) is 11.5. The maximum atomic E-state index is 3.57. The summed E-state index contributed by atoms with van der Waals surface area (Å²) >= 11 is 0. The molecule has 4 nitrogen and oxygen atoms in total. The third-order valence-electron chi connectivity index (χ3n) is 3.85. The second-order valence-corrected chi connectivity index (χ2v) is 5.19. The van der Waals surface area contributed by atoms with E-state index in [0.717, 1.165) is 39.3 Å². The number of aromatic nitrogens is 1. The van der Waals surface area contributed by atoms with Gasteiger partial charge in [-0.15, -0.1) is 0 Å². The van der Waals surface area contributed by atoms with Crippen molar-refractivity contribution in [3.63, 3.8) is 0 Å². The second kappa shape index (κ2) is 5.63. The van der Waals surface area contributed by atoms with Gasteiger partial charge in [0, 0.05) is 63.4 Å². The highest BCUT2D eigenvalue weighted by Gasteiger charge is 2.09. The van der Waals surface area contributed by atoms with Crippen molar-refractivity contribution in [2.24, 2.45) is 7.05 Å². The fraction of sp³-hybridized carbons (Fsp3) is 0.467. The van der Waals surface area contributed by atoms with Crippen LogP contribution in [-0.4, -0.2) is 48.7 Å². The van der Waals surface area contributed by atoms with E-state index >= 15 is 0 Å². The van der Waals surface area contributed by atoms with E-state index in [1.807, 2.05) is 0 Å². The minimum absolute atomic E-state index is 1.01. The summed E-state index contributed by atoms with van der Waals surface area (Å²) in [4.78, 5) is 2.51. The molecule has 2 heterocycles. The van der Waals surface area contributed by atoms with Gasteiger partial charge in [0.15, 0.2) is 0 Å². The number of piperazine rings is 1. The number of fused-ring (bicyclic) bond motifs is 1. The molecule has 0 bridgehead atoms. The molecule has 0 spiro atoms. The molecule has 102 valence electrons. The SMILES string of the molecule is Cn1cc(NCCN2CCNCC2)c2ccccc21. The lowest BCUT2D eigenvalue weighted by Crippen LogP contribution is -2.45. The highest BCUT2D eigenvalue weighted by Crippen LogP contribution is 2.24. The number of aryl methyl sites for hydroxylation is 1. The van der Waals surface area contributed by atoms with Crippen LogP contribution in [0.2, 0.25) is 0 Å². The maximum Gasteiger partial charge on any atom is 0.0600 e. The highest BCUT2D eigenvalue weighted by atomic mass is 15.2. The second-order valence-electron chi connectivity index (χ2n) is 5.19. The Morgan fingerprint density at radius 3 is 2.84 bits per heavy atom. The molecule has 1 saturated heterocycles. The quantitative estimate of drug-likeness (QED) is 0.871. The van der Waals surface area contributed by atoms with Crippen LogP contribution in [0.5, 0.6) is 0 Å². The van der Waals surface area contributed by atoms with Crippen LogP contribution in [0.25, 0.3) is 10.9 Å². The van der Waals surface area contributed by atoms with Crippen LogP contribution < -0.4 is 10.6 Å². The van der Waals surface area contributed by atoms with Crippen molar-refractivity contribution >= 4 is 16.6 Å². The lowest BCUT2D eigenvalue weighted by atomic mass is 10.2. The predicted molar refractivity (Wildman–Crippen MR) is 80.7 cm³/mol. The molecule has 4 heteroatoms. The first-order valence-corrected chi connectivity index (χ1v) is 7.05. The summed E-state index contributed by atoms with van der Waals surface area (Å²) in [6.45, 7) is 6.69. The molecule has 0 aliphatic carbocycles. The molecule has 0 amide bonds. The van der Waals surface area contributed by atoms with E-state index in [9.17, 15) is 0 Å². The van der Waals surface area contributed by atoms with Crippen LogP contribution in [0.1, 0.15) is 0 Å². The average molecular weight is 258 g/mol. The van der Waals surface area contributed by atoms with E-state index < -0.39 is 0 Å². The molecule has 3 rings (SSSR count). The number of nitrogens with zero attached hydrogens (tertiary/aromatic N) is 2. The van der Waals surface area contributed by atoms with E-state index in [-0.39, 0.29) is 0 Å². The van der Waals surface area contributed by atoms with Gasteiger partial charge in [0.25, 0.3) is 0 Å². The Bertz CT molecular complexity index is 540. The fourth-order valence-corrected chi connectivity index (χ4v) is 2.77. The predicted octanol–water partition coefficient (Wildman–Crippen LogP) is 1.50. The number of hydrogen-bond donors (Lipinski definition) is 2. The summed E-state index contributed by atoms with van der Waals surface area (Å²) in [5.41, 5.74) is 2.53. The van der Waals surface area contributed by atoms with Crippen LogP contribution in [-0.2, 0) is 7.05 Å². The molecule has 0 atom stereocenters. The van der Waals surface area contributed by atoms with Crippen LogP contribution in [0.15, 0.2) is 30.5 Å². The summed E-state index contributed by atoms with van der Waals surface area (Å²) in [7, 11) is 2.10. The number of para-hydroxylation sites is 1. The number of rotatable bonds is 4. The molecule has 2 aromatic rings. The van der Waals surface area contributed by atoms with Crippen LogP contribution in [0.3, 0.4) is 0 Å². The van der Waals surface area contributed by atoms with Gasteiger partial charge in [-0.1, -0.05) is 18.2 Å². The van der Waals surface area contributed by atoms with E-state index in [4.69, 9.17) is 0 Å². The minimum Gasteiger partial charge on any atom is -0.382 e. The van der Waals surface area contributed by atoms with Gasteiger partial charge in [-0.05, 0) is 6.07 Å². The summed E-state index contributed by atoms with van der Waals surface area (Å²) in [5, 5.41) is 8.27. The molecular formula is C15H22N4. The van der Waals surface area contributed by atoms with Crippen LogP contribution >= 0.6 is 0 Å². The van der Waals surface area contributed by atoms with Crippen molar-refractivity contribution in [1.82, 2.24) is 14.8 Å². The van der Waals surface area contributed by atoms with E-state index in [1.54, 1.807) is 0 Å². The Balaban J connectivity index is 1.62. The Hall–Kier alpha value is -1.52. The molecule has 0 saturated carbocycles. The third-order valence-corrected chi connectivity index (χ3v) is 3.85. The highest BCUT2D eigenvalue weighted by molar-refractivity contribution is 5.92. The van der Waals surface area contributed by atoms with Crippen molar-refractivity contribution in [3.8, 4) is 0 Å². The van der Waals surface area contributed by atoms with Gasteiger partial charge in [-0.3, -0.25) is 4.90 Å². The average Bonchev–Trinajstić information content (AvgIpc) is 2.78. The first-order valence-electron chi connectivity index (χ1n) is 7.05. The van der Waals surface area contributed by atoms with Gasteiger partial charge in [-0.25, -0.2) is 0 Å². The Morgan fingerprint density at radius 2 is 2.00 bits per heavy atom. The molecule has 1 aliphatic rings. The lowest BCUT2D eigenvalue weighted by Gasteiger charge is -2.27. The van der Waals surface area contributed by atoms with Crippen molar-refractivity contribution in [1.29, 1.82) is 0 Å². The normalized spacial score (nSPS) is 16.9. The number of nitrogens with one attached hydrogen (secondary N) is 2. The summed E-state index contributed by atoms with van der Waals surface area (Å²) in [6.07, 6.45) is 2.18. The number of hydrogen-bond acceptors (Lipinski definition) is 3. The van der Waals surface area contributed by atoms with Crippen molar-refractivity contribution in [2.75, 3.05) is 44.6 Å². The van der Waals surface area contributed by atoms with Crippen molar-refractivity contribution < 1.29 is 0 Å². The lowest BCUT2D eigenvalue weighted by molar-refractivity contribution is 0.249. The molecule has 19 heavy (non-hydrogen) atoms. The summed E-state index contributed by atoms with van der Waals surface area (Å²) in [5.74, 6) is 0. The molecule has 1 aromatic carbocycles. The van der Waals surface area contributed by atoms with Crippen LogP contribution in [0.4, 0.5) is 5.69 Å². The standard InChI is InChI=1S/C15H22N4/c1-18-12-14(13-4-2-3-5-15(13)18)17-8-11-19-9-6-16-7-10-19/h2-5,12,16-17H,6-11H2,1H3. The van der Waals surface area contributed by atoms with E-state index in [2.05, 4.69) is 57.6 Å². The third kappa shape index (κ3) is 2.74. The summed E-state index contributed by atoms with van der Waals surface area (Å²) in [6, 6.07) is 8.54. The molecule has 1 fully saturated rings. The van der Waals surface area contributed by atoms with Gasteiger partial charge in [0.05, 0.1) is 5.69 Å². The van der Waals surface area contributed by atoms with Gasteiger partial charge in [-0.2, -0.15) is 0 Å². The number of benzene rings is 1. The molecule has 1 aromatic heterocycles. The zero-order valence-electron chi connectivity index (χ0n) is 11.5. The van der Waals surface area contributed by atoms with E-state index in [0.29, 0.717) is 0 Å². The van der Waals surface area contributed by atoms with Crippen LogP contribution in [0, 0.1) is 0 Å². The Morgan fingerprint density at radius 1 is 1.21 bits per heavy atom.